The van der Waals surface area contributed by atoms with Gasteiger partial charge in [-0.25, -0.2) is 0 Å². The Kier molecular flexibility index (Phi) is 5.26. The highest BCUT2D eigenvalue weighted by atomic mass is 15.2. The summed E-state index contributed by atoms with van der Waals surface area (Å²) in [7, 11) is 0. The predicted molar refractivity (Wildman–Crippen MR) is 76.7 cm³/mol. The zero-order valence-corrected chi connectivity index (χ0v) is 11.9. The lowest BCUT2D eigenvalue weighted by Crippen LogP contribution is -2.41. The molecule has 1 unspecified atom stereocenters. The van der Waals surface area contributed by atoms with Gasteiger partial charge in [-0.3, -0.25) is 0 Å². The highest BCUT2D eigenvalue weighted by Gasteiger charge is 2.13. The summed E-state index contributed by atoms with van der Waals surface area (Å²) >= 11 is 0. The van der Waals surface area contributed by atoms with Gasteiger partial charge in [-0.05, 0) is 51.9 Å². The minimum Gasteiger partial charge on any atom is -0.351 e. The molecule has 3 nitrogen and oxygen atoms in total. The maximum atomic E-state index is 3.64. The molecule has 1 aromatic heterocycles. The van der Waals surface area contributed by atoms with E-state index in [9.17, 15) is 0 Å². The molecule has 102 valence electrons. The topological polar surface area (TPSA) is 20.2 Å². The SMILES string of the molecule is CCn1cccc1CNC(C)CN1CCCCC1. The molecule has 0 radical (unpaired) electrons. The Balaban J connectivity index is 1.72. The van der Waals surface area contributed by atoms with Crippen LogP contribution >= 0.6 is 0 Å². The van der Waals surface area contributed by atoms with E-state index in [0.29, 0.717) is 6.04 Å². The number of nitrogens with one attached hydrogen (secondary N) is 1. The van der Waals surface area contributed by atoms with Crippen LogP contribution in [0.25, 0.3) is 0 Å². The van der Waals surface area contributed by atoms with E-state index in [1.54, 1.807) is 0 Å². The standard InChI is InChI=1S/C15H27N3/c1-3-18-11-7-8-15(18)12-16-14(2)13-17-9-5-4-6-10-17/h7-8,11,14,16H,3-6,9-10,12-13H2,1-2H3. The van der Waals surface area contributed by atoms with Crippen molar-refractivity contribution in [2.24, 2.45) is 0 Å². The van der Waals surface area contributed by atoms with E-state index in [1.807, 2.05) is 0 Å². The van der Waals surface area contributed by atoms with Crippen molar-refractivity contribution in [3.8, 4) is 0 Å². The summed E-state index contributed by atoms with van der Waals surface area (Å²) in [5.41, 5.74) is 1.39. The lowest BCUT2D eigenvalue weighted by Gasteiger charge is -2.29. The Bertz CT molecular complexity index is 339. The van der Waals surface area contributed by atoms with Crippen LogP contribution in [0.4, 0.5) is 0 Å². The molecule has 2 heterocycles. The fourth-order valence-electron chi connectivity index (χ4n) is 2.79. The molecule has 0 aliphatic carbocycles. The third kappa shape index (κ3) is 3.85. The first-order chi connectivity index (χ1) is 8.79. The van der Waals surface area contributed by atoms with Gasteiger partial charge >= 0.3 is 0 Å². The molecule has 0 spiro atoms. The molecule has 1 aromatic rings. The summed E-state index contributed by atoms with van der Waals surface area (Å²) in [4.78, 5) is 2.60. The molecular weight excluding hydrogens is 222 g/mol. The van der Waals surface area contributed by atoms with Crippen molar-refractivity contribution in [1.29, 1.82) is 0 Å². The zero-order valence-electron chi connectivity index (χ0n) is 11.9. The van der Waals surface area contributed by atoms with Crippen molar-refractivity contribution in [3.05, 3.63) is 24.0 Å². The van der Waals surface area contributed by atoms with Crippen molar-refractivity contribution in [3.63, 3.8) is 0 Å². The number of likely N-dealkylation sites (tertiary alicyclic amines) is 1. The van der Waals surface area contributed by atoms with Gasteiger partial charge in [0.2, 0.25) is 0 Å². The Morgan fingerprint density at radius 1 is 1.28 bits per heavy atom. The Hall–Kier alpha value is -0.800. The number of hydrogen-bond donors (Lipinski definition) is 1. The molecule has 0 saturated carbocycles. The van der Waals surface area contributed by atoms with E-state index in [1.165, 1.54) is 44.6 Å². The highest BCUT2D eigenvalue weighted by molar-refractivity contribution is 5.06. The molecule has 1 atom stereocenters. The predicted octanol–water partition coefficient (Wildman–Crippen LogP) is 2.47. The number of aryl methyl sites for hydroxylation is 1. The van der Waals surface area contributed by atoms with Gasteiger partial charge in [0.1, 0.15) is 0 Å². The average Bonchev–Trinajstić information content (AvgIpc) is 2.85. The van der Waals surface area contributed by atoms with E-state index < -0.39 is 0 Å². The summed E-state index contributed by atoms with van der Waals surface area (Å²) in [6.45, 7) is 10.3. The van der Waals surface area contributed by atoms with Crippen LogP contribution < -0.4 is 5.32 Å². The molecular formula is C15H27N3. The van der Waals surface area contributed by atoms with Crippen molar-refractivity contribution in [2.45, 2.75) is 52.2 Å². The summed E-state index contributed by atoms with van der Waals surface area (Å²) in [5, 5.41) is 3.64. The van der Waals surface area contributed by atoms with Crippen LogP contribution in [0.15, 0.2) is 18.3 Å². The lowest BCUT2D eigenvalue weighted by molar-refractivity contribution is 0.208. The molecule has 18 heavy (non-hydrogen) atoms. The summed E-state index contributed by atoms with van der Waals surface area (Å²) in [6, 6.07) is 4.92. The summed E-state index contributed by atoms with van der Waals surface area (Å²) in [5.74, 6) is 0. The molecule has 1 aliphatic rings. The van der Waals surface area contributed by atoms with Crippen LogP contribution in [0.5, 0.6) is 0 Å². The van der Waals surface area contributed by atoms with Gasteiger partial charge in [0.05, 0.1) is 0 Å². The van der Waals surface area contributed by atoms with Crippen LogP contribution in [-0.2, 0) is 13.1 Å². The second kappa shape index (κ2) is 6.95. The van der Waals surface area contributed by atoms with Gasteiger partial charge in [-0.1, -0.05) is 6.42 Å². The van der Waals surface area contributed by atoms with E-state index >= 15 is 0 Å². The van der Waals surface area contributed by atoms with Gasteiger partial charge in [0, 0.05) is 37.6 Å². The number of hydrogen-bond acceptors (Lipinski definition) is 2. The number of aromatic nitrogens is 1. The zero-order chi connectivity index (χ0) is 12.8. The van der Waals surface area contributed by atoms with Gasteiger partial charge in [0.15, 0.2) is 0 Å². The second-order valence-electron chi connectivity index (χ2n) is 5.43. The van der Waals surface area contributed by atoms with Crippen molar-refractivity contribution < 1.29 is 0 Å². The third-order valence-electron chi connectivity index (χ3n) is 3.88. The van der Waals surface area contributed by atoms with Gasteiger partial charge in [0.25, 0.3) is 0 Å². The van der Waals surface area contributed by atoms with Gasteiger partial charge < -0.3 is 14.8 Å². The minimum absolute atomic E-state index is 0.573. The van der Waals surface area contributed by atoms with Crippen molar-refractivity contribution in [1.82, 2.24) is 14.8 Å². The number of rotatable bonds is 6. The fraction of sp³-hybridized carbons (Fsp3) is 0.733. The minimum atomic E-state index is 0.573. The maximum absolute atomic E-state index is 3.64. The normalized spacial score (nSPS) is 19.0. The van der Waals surface area contributed by atoms with Crippen LogP contribution in [0.1, 0.15) is 38.8 Å². The molecule has 1 fully saturated rings. The van der Waals surface area contributed by atoms with Crippen LogP contribution in [0.3, 0.4) is 0 Å². The maximum Gasteiger partial charge on any atom is 0.0362 e. The third-order valence-corrected chi connectivity index (χ3v) is 3.88. The largest absolute Gasteiger partial charge is 0.351 e. The molecule has 0 aromatic carbocycles. The summed E-state index contributed by atoms with van der Waals surface area (Å²) in [6.07, 6.45) is 6.34. The Morgan fingerprint density at radius 2 is 2.06 bits per heavy atom. The number of piperidine rings is 1. The average molecular weight is 249 g/mol. The molecule has 0 amide bonds. The first-order valence-electron chi connectivity index (χ1n) is 7.39. The molecule has 0 bridgehead atoms. The molecule has 1 aliphatic heterocycles. The van der Waals surface area contributed by atoms with Crippen molar-refractivity contribution in [2.75, 3.05) is 19.6 Å². The second-order valence-corrected chi connectivity index (χ2v) is 5.43. The molecule has 1 saturated heterocycles. The van der Waals surface area contributed by atoms with E-state index in [0.717, 1.165) is 13.1 Å². The van der Waals surface area contributed by atoms with Gasteiger partial charge in [-0.15, -0.1) is 0 Å². The monoisotopic (exact) mass is 249 g/mol. The number of nitrogens with zero attached hydrogens (tertiary/aromatic N) is 2. The molecule has 1 N–H and O–H groups in total. The first kappa shape index (κ1) is 13.6. The van der Waals surface area contributed by atoms with E-state index in [2.05, 4.69) is 47.0 Å². The lowest BCUT2D eigenvalue weighted by atomic mass is 10.1. The van der Waals surface area contributed by atoms with E-state index in [-0.39, 0.29) is 0 Å². The van der Waals surface area contributed by atoms with Gasteiger partial charge in [-0.2, -0.15) is 0 Å². The van der Waals surface area contributed by atoms with E-state index in [4.69, 9.17) is 0 Å². The smallest absolute Gasteiger partial charge is 0.0362 e. The quantitative estimate of drug-likeness (QED) is 0.836. The van der Waals surface area contributed by atoms with Crippen molar-refractivity contribution >= 4 is 0 Å². The Morgan fingerprint density at radius 3 is 2.78 bits per heavy atom. The first-order valence-corrected chi connectivity index (χ1v) is 7.39. The molecule has 2 rings (SSSR count). The van der Waals surface area contributed by atoms with Crippen LogP contribution in [-0.4, -0.2) is 35.1 Å². The van der Waals surface area contributed by atoms with Crippen LogP contribution in [0, 0.1) is 0 Å². The fourth-order valence-corrected chi connectivity index (χ4v) is 2.79. The Labute approximate surface area is 111 Å². The van der Waals surface area contributed by atoms with Crippen LogP contribution in [0.2, 0.25) is 0 Å². The summed E-state index contributed by atoms with van der Waals surface area (Å²) < 4.78 is 2.31. The molecule has 3 heteroatoms. The highest BCUT2D eigenvalue weighted by Crippen LogP contribution is 2.09.